The number of anilines is 1. The second-order valence-corrected chi connectivity index (χ2v) is 8.10. The minimum absolute atomic E-state index is 0.0159. The lowest BCUT2D eigenvalue weighted by Crippen LogP contribution is -2.30. The van der Waals surface area contributed by atoms with Crippen LogP contribution >= 0.6 is 0 Å². The first-order valence-corrected chi connectivity index (χ1v) is 10.4. The number of halogens is 1. The second-order valence-electron chi connectivity index (χ2n) is 8.10. The lowest BCUT2D eigenvalue weighted by Gasteiger charge is -2.30. The van der Waals surface area contributed by atoms with Crippen LogP contribution in [0.15, 0.2) is 72.8 Å². The predicted molar refractivity (Wildman–Crippen MR) is 118 cm³/mol. The molecule has 1 aliphatic rings. The summed E-state index contributed by atoms with van der Waals surface area (Å²) >= 11 is 0. The van der Waals surface area contributed by atoms with Gasteiger partial charge in [-0.1, -0.05) is 30.3 Å². The number of hydrogen-bond acceptors (Lipinski definition) is 5. The molecular formula is C25H27FN2O3. The minimum Gasteiger partial charge on any atom is -0.508 e. The first kappa shape index (κ1) is 21.2. The van der Waals surface area contributed by atoms with Crippen molar-refractivity contribution in [3.8, 4) is 11.5 Å². The van der Waals surface area contributed by atoms with E-state index in [-0.39, 0.29) is 29.4 Å². The van der Waals surface area contributed by atoms with Gasteiger partial charge in [-0.15, -0.1) is 0 Å². The summed E-state index contributed by atoms with van der Waals surface area (Å²) in [6.07, 6.45) is 0.468. The Bertz CT molecular complexity index is 1010. The Hall–Kier alpha value is -3.09. The maximum absolute atomic E-state index is 13.2. The van der Waals surface area contributed by atoms with Crippen molar-refractivity contribution < 1.29 is 19.7 Å². The molecule has 0 aliphatic carbocycles. The van der Waals surface area contributed by atoms with Crippen molar-refractivity contribution >= 4 is 5.69 Å². The van der Waals surface area contributed by atoms with Gasteiger partial charge in [0.05, 0.1) is 18.8 Å². The monoisotopic (exact) mass is 422 g/mol. The fraction of sp³-hybridized carbons (Fsp3) is 0.280. The molecule has 0 amide bonds. The predicted octanol–water partition coefficient (Wildman–Crippen LogP) is 4.57. The summed E-state index contributed by atoms with van der Waals surface area (Å²) in [5.74, 6) is -0.264. The van der Waals surface area contributed by atoms with Gasteiger partial charge in [0.2, 0.25) is 0 Å². The van der Waals surface area contributed by atoms with E-state index in [2.05, 4.69) is 9.80 Å². The van der Waals surface area contributed by atoms with Crippen LogP contribution in [0.2, 0.25) is 0 Å². The third-order valence-corrected chi connectivity index (χ3v) is 6.05. The number of aromatic hydroxyl groups is 2. The van der Waals surface area contributed by atoms with Crippen LogP contribution in [0, 0.1) is 5.82 Å². The van der Waals surface area contributed by atoms with E-state index in [1.165, 1.54) is 18.2 Å². The molecule has 1 fully saturated rings. The van der Waals surface area contributed by atoms with Crippen molar-refractivity contribution in [2.75, 3.05) is 18.6 Å². The molecule has 3 atom stereocenters. The summed E-state index contributed by atoms with van der Waals surface area (Å²) in [5, 5.41) is 31.0. The smallest absolute Gasteiger partial charge is 0.124 e. The Morgan fingerprint density at radius 1 is 1.00 bits per heavy atom. The van der Waals surface area contributed by atoms with Crippen molar-refractivity contribution in [3.63, 3.8) is 0 Å². The minimum atomic E-state index is -0.700. The number of hydrogen-bond donors (Lipinski definition) is 3. The third-order valence-electron chi connectivity index (χ3n) is 6.05. The topological polar surface area (TPSA) is 67.2 Å². The molecule has 1 aliphatic heterocycles. The zero-order valence-electron chi connectivity index (χ0n) is 17.4. The number of aliphatic hydroxyl groups excluding tert-OH is 1. The van der Waals surface area contributed by atoms with E-state index in [1.807, 2.05) is 37.4 Å². The maximum Gasteiger partial charge on any atom is 0.124 e. The number of phenols is 2. The molecule has 31 heavy (non-hydrogen) atoms. The van der Waals surface area contributed by atoms with Crippen LogP contribution in [-0.4, -0.2) is 40.0 Å². The highest BCUT2D eigenvalue weighted by atomic mass is 19.1. The molecule has 0 bridgehead atoms. The molecule has 5 nitrogen and oxygen atoms in total. The average molecular weight is 423 g/mol. The van der Waals surface area contributed by atoms with Crippen LogP contribution < -0.4 is 4.90 Å². The third kappa shape index (κ3) is 4.50. The van der Waals surface area contributed by atoms with E-state index in [9.17, 15) is 19.7 Å². The van der Waals surface area contributed by atoms with Crippen molar-refractivity contribution in [2.45, 2.75) is 31.0 Å². The molecule has 162 valence electrons. The Morgan fingerprint density at radius 3 is 2.39 bits per heavy atom. The largest absolute Gasteiger partial charge is 0.508 e. The normalized spacial score (nSPS) is 20.2. The number of phenolic OH excluding ortho intramolecular Hbond substituents is 2. The molecule has 0 saturated carbocycles. The second kappa shape index (κ2) is 8.96. The number of aliphatic hydroxyl groups is 1. The van der Waals surface area contributed by atoms with E-state index < -0.39 is 6.10 Å². The van der Waals surface area contributed by atoms with E-state index in [0.717, 1.165) is 11.3 Å². The molecule has 0 spiro atoms. The number of benzene rings is 3. The Morgan fingerprint density at radius 2 is 1.71 bits per heavy atom. The molecule has 4 rings (SSSR count). The molecule has 0 aromatic heterocycles. The van der Waals surface area contributed by atoms with Gasteiger partial charge >= 0.3 is 0 Å². The van der Waals surface area contributed by atoms with Gasteiger partial charge in [0.25, 0.3) is 0 Å². The number of likely N-dealkylation sites (N-methyl/N-ethyl adjacent to an activating group) is 1. The zero-order valence-corrected chi connectivity index (χ0v) is 17.4. The summed E-state index contributed by atoms with van der Waals surface area (Å²) in [7, 11) is 2.03. The van der Waals surface area contributed by atoms with Gasteiger partial charge in [-0.3, -0.25) is 4.90 Å². The molecule has 3 aromatic carbocycles. The van der Waals surface area contributed by atoms with E-state index >= 15 is 0 Å². The van der Waals surface area contributed by atoms with Crippen LogP contribution in [-0.2, 0) is 0 Å². The van der Waals surface area contributed by atoms with Crippen LogP contribution in [0.4, 0.5) is 10.1 Å². The lowest BCUT2D eigenvalue weighted by atomic mass is 9.92. The van der Waals surface area contributed by atoms with Gasteiger partial charge < -0.3 is 20.2 Å². The maximum atomic E-state index is 13.2. The van der Waals surface area contributed by atoms with Gasteiger partial charge in [-0.2, -0.15) is 0 Å². The van der Waals surface area contributed by atoms with Crippen molar-refractivity contribution in [3.05, 3.63) is 89.7 Å². The quantitative estimate of drug-likeness (QED) is 0.543. The fourth-order valence-electron chi connectivity index (χ4n) is 4.46. The number of nitrogens with zero attached hydrogens (tertiary/aromatic N) is 2. The first-order chi connectivity index (χ1) is 14.9. The highest BCUT2D eigenvalue weighted by Crippen LogP contribution is 2.43. The zero-order chi connectivity index (χ0) is 22.0. The summed E-state index contributed by atoms with van der Waals surface area (Å²) < 4.78 is 13.2. The van der Waals surface area contributed by atoms with Crippen molar-refractivity contribution in [1.29, 1.82) is 0 Å². The van der Waals surface area contributed by atoms with Gasteiger partial charge in [-0.05, 0) is 61.9 Å². The SMILES string of the molecule is CN1CN(c2ccccc2)[C@H](c2ccc(O)cc2O)[C@@H]1CCC(O)c1ccc(F)cc1. The summed E-state index contributed by atoms with van der Waals surface area (Å²) in [5.41, 5.74) is 2.45. The van der Waals surface area contributed by atoms with Gasteiger partial charge in [-0.25, -0.2) is 4.39 Å². The van der Waals surface area contributed by atoms with Gasteiger partial charge in [0.1, 0.15) is 17.3 Å². The molecule has 1 unspecified atom stereocenters. The number of para-hydroxylation sites is 1. The highest BCUT2D eigenvalue weighted by molar-refractivity contribution is 5.53. The molecule has 1 saturated heterocycles. The number of rotatable bonds is 6. The van der Waals surface area contributed by atoms with Crippen molar-refractivity contribution in [2.24, 2.45) is 0 Å². The Kier molecular flexibility index (Phi) is 6.11. The van der Waals surface area contributed by atoms with E-state index in [0.29, 0.717) is 25.1 Å². The van der Waals surface area contributed by atoms with E-state index in [4.69, 9.17) is 0 Å². The molecule has 6 heteroatoms. The standard InChI is InChI=1S/C25H27FN2O3/c1-27-16-28(19-5-3-2-4-6-19)25(21-12-11-20(29)15-24(21)31)22(27)13-14-23(30)17-7-9-18(26)10-8-17/h2-12,15,22-23,25,29-31H,13-14,16H2,1H3/t22-,23?,25+/m0/s1. The van der Waals surface area contributed by atoms with Crippen LogP contribution in [0.5, 0.6) is 11.5 Å². The molecular weight excluding hydrogens is 395 g/mol. The first-order valence-electron chi connectivity index (χ1n) is 10.4. The fourth-order valence-corrected chi connectivity index (χ4v) is 4.46. The molecule has 0 radical (unpaired) electrons. The van der Waals surface area contributed by atoms with E-state index in [1.54, 1.807) is 24.3 Å². The van der Waals surface area contributed by atoms with Gasteiger partial charge in [0, 0.05) is 23.4 Å². The molecule has 3 N–H and O–H groups in total. The average Bonchev–Trinajstić information content (AvgIpc) is 3.09. The summed E-state index contributed by atoms with van der Waals surface area (Å²) in [4.78, 5) is 4.43. The molecule has 3 aromatic rings. The van der Waals surface area contributed by atoms with Crippen molar-refractivity contribution in [1.82, 2.24) is 4.90 Å². The van der Waals surface area contributed by atoms with Crippen LogP contribution in [0.1, 0.15) is 36.1 Å². The van der Waals surface area contributed by atoms with Crippen LogP contribution in [0.3, 0.4) is 0 Å². The van der Waals surface area contributed by atoms with Crippen LogP contribution in [0.25, 0.3) is 0 Å². The summed E-state index contributed by atoms with van der Waals surface area (Å²) in [6, 6.07) is 20.5. The Balaban J connectivity index is 1.62. The lowest BCUT2D eigenvalue weighted by molar-refractivity contribution is 0.148. The highest BCUT2D eigenvalue weighted by Gasteiger charge is 2.40. The Labute approximate surface area is 181 Å². The summed E-state index contributed by atoms with van der Waals surface area (Å²) in [6.45, 7) is 0.659. The van der Waals surface area contributed by atoms with Gasteiger partial charge in [0.15, 0.2) is 0 Å². The molecule has 1 heterocycles.